The number of hydrogen-bond acceptors (Lipinski definition) is 5. The number of non-ortho nitro benzene ring substituents is 1. The number of amides is 1. The normalized spacial score (nSPS) is 13.2. The van der Waals surface area contributed by atoms with Crippen LogP contribution in [0.1, 0.15) is 6.92 Å². The average Bonchev–Trinajstić information content (AvgIpc) is 2.37. The van der Waals surface area contributed by atoms with E-state index in [2.05, 4.69) is 5.32 Å². The predicted octanol–water partition coefficient (Wildman–Crippen LogP) is 0.292. The van der Waals surface area contributed by atoms with E-state index in [0.29, 0.717) is 0 Å². The molecule has 0 saturated heterocycles. The van der Waals surface area contributed by atoms with Crippen LogP contribution in [0, 0.1) is 10.1 Å². The van der Waals surface area contributed by atoms with Crippen LogP contribution >= 0.6 is 0 Å². The SMILES string of the molecule is CC(=O)NC(CS(=O)c1ccc([N+](=O)[O-])cc1)C(=O)O. The lowest BCUT2D eigenvalue weighted by Gasteiger charge is -2.12. The van der Waals surface area contributed by atoms with Crippen LogP contribution in [0.4, 0.5) is 5.69 Å². The van der Waals surface area contributed by atoms with Crippen molar-refractivity contribution in [2.45, 2.75) is 17.9 Å². The van der Waals surface area contributed by atoms with Gasteiger partial charge in [-0.05, 0) is 12.1 Å². The first-order chi connectivity index (χ1) is 9.31. The Kier molecular flexibility index (Phi) is 5.32. The second-order valence-corrected chi connectivity index (χ2v) is 5.35. The first-order valence-electron chi connectivity index (χ1n) is 5.44. The van der Waals surface area contributed by atoms with E-state index < -0.39 is 33.6 Å². The van der Waals surface area contributed by atoms with Crippen LogP contribution in [0.2, 0.25) is 0 Å². The summed E-state index contributed by atoms with van der Waals surface area (Å²) in [6, 6.07) is 3.67. The van der Waals surface area contributed by atoms with Crippen molar-refractivity contribution in [3.05, 3.63) is 34.4 Å². The van der Waals surface area contributed by atoms with Crippen LogP contribution in [-0.2, 0) is 20.4 Å². The van der Waals surface area contributed by atoms with Gasteiger partial charge in [-0.1, -0.05) is 0 Å². The molecule has 1 amide bonds. The molecule has 1 aromatic carbocycles. The molecule has 0 saturated carbocycles. The number of nitrogens with one attached hydrogen (secondary N) is 1. The lowest BCUT2D eigenvalue weighted by molar-refractivity contribution is -0.384. The van der Waals surface area contributed by atoms with Gasteiger partial charge in [0.05, 0.1) is 21.5 Å². The van der Waals surface area contributed by atoms with Crippen molar-refractivity contribution in [1.82, 2.24) is 5.32 Å². The smallest absolute Gasteiger partial charge is 0.327 e. The Hall–Kier alpha value is -2.29. The molecule has 8 nitrogen and oxygen atoms in total. The summed E-state index contributed by atoms with van der Waals surface area (Å²) >= 11 is 0. The maximum atomic E-state index is 11.9. The zero-order valence-corrected chi connectivity index (χ0v) is 11.3. The third-order valence-electron chi connectivity index (χ3n) is 2.30. The third kappa shape index (κ3) is 4.43. The number of carboxylic acid groups (broad SMARTS) is 1. The van der Waals surface area contributed by atoms with Gasteiger partial charge >= 0.3 is 5.97 Å². The Balaban J connectivity index is 2.80. The second-order valence-electron chi connectivity index (χ2n) is 3.85. The molecule has 2 unspecified atom stereocenters. The van der Waals surface area contributed by atoms with Crippen LogP contribution < -0.4 is 5.32 Å². The Morgan fingerprint density at radius 3 is 2.35 bits per heavy atom. The minimum Gasteiger partial charge on any atom is -0.480 e. The van der Waals surface area contributed by atoms with Crippen LogP contribution in [0.5, 0.6) is 0 Å². The maximum Gasteiger partial charge on any atom is 0.327 e. The average molecular weight is 300 g/mol. The van der Waals surface area contributed by atoms with E-state index in [1.54, 1.807) is 0 Å². The van der Waals surface area contributed by atoms with Gasteiger partial charge in [0.15, 0.2) is 0 Å². The molecule has 0 aromatic heterocycles. The molecular formula is C11H12N2O6S. The molecular weight excluding hydrogens is 288 g/mol. The van der Waals surface area contributed by atoms with Crippen molar-refractivity contribution in [3.63, 3.8) is 0 Å². The molecule has 0 radical (unpaired) electrons. The quantitative estimate of drug-likeness (QED) is 0.574. The number of carbonyl (C=O) groups excluding carboxylic acids is 1. The fourth-order valence-corrected chi connectivity index (χ4v) is 2.55. The van der Waals surface area contributed by atoms with E-state index in [4.69, 9.17) is 5.11 Å². The van der Waals surface area contributed by atoms with Crippen molar-refractivity contribution in [2.75, 3.05) is 5.75 Å². The molecule has 0 spiro atoms. The molecule has 0 bridgehead atoms. The van der Waals surface area contributed by atoms with Gasteiger partial charge in [0.1, 0.15) is 6.04 Å². The second kappa shape index (κ2) is 6.75. The van der Waals surface area contributed by atoms with Crippen molar-refractivity contribution < 1.29 is 23.8 Å². The molecule has 2 atom stereocenters. The fourth-order valence-electron chi connectivity index (χ4n) is 1.39. The van der Waals surface area contributed by atoms with Crippen molar-refractivity contribution >= 4 is 28.4 Å². The molecule has 0 heterocycles. The highest BCUT2D eigenvalue weighted by molar-refractivity contribution is 7.85. The molecule has 108 valence electrons. The molecule has 1 aromatic rings. The molecule has 0 aliphatic carbocycles. The highest BCUT2D eigenvalue weighted by atomic mass is 32.2. The first-order valence-corrected chi connectivity index (χ1v) is 6.76. The predicted molar refractivity (Wildman–Crippen MR) is 69.6 cm³/mol. The molecule has 1 rings (SSSR count). The number of hydrogen-bond donors (Lipinski definition) is 2. The number of aliphatic carboxylic acids is 1. The van der Waals surface area contributed by atoms with E-state index >= 15 is 0 Å². The number of nitro groups is 1. The van der Waals surface area contributed by atoms with Crippen molar-refractivity contribution in [2.24, 2.45) is 0 Å². The van der Waals surface area contributed by atoms with Gasteiger partial charge < -0.3 is 10.4 Å². The van der Waals surface area contributed by atoms with Gasteiger partial charge in [-0.2, -0.15) is 0 Å². The lowest BCUT2D eigenvalue weighted by Crippen LogP contribution is -2.43. The number of nitro benzene ring substituents is 1. The van der Waals surface area contributed by atoms with Gasteiger partial charge in [0.25, 0.3) is 5.69 Å². The van der Waals surface area contributed by atoms with E-state index in [0.717, 1.165) is 6.92 Å². The Bertz CT molecular complexity index is 557. The Morgan fingerprint density at radius 1 is 1.40 bits per heavy atom. The topological polar surface area (TPSA) is 127 Å². The molecule has 9 heteroatoms. The van der Waals surface area contributed by atoms with Gasteiger partial charge in [0.2, 0.25) is 5.91 Å². The highest BCUT2D eigenvalue weighted by Gasteiger charge is 2.22. The maximum absolute atomic E-state index is 11.9. The van der Waals surface area contributed by atoms with Crippen LogP contribution in [0.15, 0.2) is 29.2 Å². The van der Waals surface area contributed by atoms with Gasteiger partial charge in [-0.25, -0.2) is 4.79 Å². The number of rotatable bonds is 6. The lowest BCUT2D eigenvalue weighted by atomic mass is 10.3. The standard InChI is InChI=1S/C11H12N2O6S/c1-7(14)12-10(11(15)16)6-20(19)9-4-2-8(3-5-9)13(17)18/h2-5,10H,6H2,1H3,(H,12,14)(H,15,16). The Labute approximate surface area is 116 Å². The minimum atomic E-state index is -1.69. The van der Waals surface area contributed by atoms with E-state index in [-0.39, 0.29) is 16.3 Å². The van der Waals surface area contributed by atoms with Crippen LogP contribution in [-0.4, -0.2) is 37.9 Å². The van der Waals surface area contributed by atoms with E-state index in [1.165, 1.54) is 24.3 Å². The monoisotopic (exact) mass is 300 g/mol. The Morgan fingerprint density at radius 2 is 1.95 bits per heavy atom. The zero-order valence-electron chi connectivity index (χ0n) is 10.4. The summed E-state index contributed by atoms with van der Waals surface area (Å²) in [5, 5.41) is 21.5. The highest BCUT2D eigenvalue weighted by Crippen LogP contribution is 2.15. The third-order valence-corrected chi connectivity index (χ3v) is 3.74. The molecule has 0 aliphatic rings. The summed E-state index contributed by atoms with van der Waals surface area (Å²) in [4.78, 5) is 31.9. The molecule has 2 N–H and O–H groups in total. The summed E-state index contributed by atoms with van der Waals surface area (Å²) in [6.45, 7) is 1.16. The number of benzene rings is 1. The van der Waals surface area contributed by atoms with Crippen molar-refractivity contribution in [1.29, 1.82) is 0 Å². The first kappa shape index (κ1) is 15.8. The van der Waals surface area contributed by atoms with E-state index in [1.807, 2.05) is 0 Å². The number of carboxylic acids is 1. The summed E-state index contributed by atoms with van der Waals surface area (Å²) in [7, 11) is -1.69. The van der Waals surface area contributed by atoms with Crippen molar-refractivity contribution in [3.8, 4) is 0 Å². The minimum absolute atomic E-state index is 0.151. The number of carbonyl (C=O) groups is 2. The molecule has 0 fully saturated rings. The van der Waals surface area contributed by atoms with Gasteiger partial charge in [-0.3, -0.25) is 19.1 Å². The summed E-state index contributed by atoms with van der Waals surface area (Å²) in [5.41, 5.74) is -0.151. The number of nitrogens with zero attached hydrogens (tertiary/aromatic N) is 1. The fraction of sp³-hybridized carbons (Fsp3) is 0.273. The summed E-state index contributed by atoms with van der Waals surface area (Å²) in [6.07, 6.45) is 0. The van der Waals surface area contributed by atoms with E-state index in [9.17, 15) is 23.9 Å². The largest absolute Gasteiger partial charge is 0.480 e. The molecule has 0 aliphatic heterocycles. The van der Waals surface area contributed by atoms with Gasteiger partial charge in [-0.15, -0.1) is 0 Å². The van der Waals surface area contributed by atoms with Gasteiger partial charge in [0, 0.05) is 24.0 Å². The summed E-state index contributed by atoms with van der Waals surface area (Å²) < 4.78 is 11.9. The molecule has 20 heavy (non-hydrogen) atoms. The summed E-state index contributed by atoms with van der Waals surface area (Å²) in [5.74, 6) is -2.15. The van der Waals surface area contributed by atoms with Crippen LogP contribution in [0.3, 0.4) is 0 Å². The zero-order chi connectivity index (χ0) is 15.3. The van der Waals surface area contributed by atoms with Crippen LogP contribution in [0.25, 0.3) is 0 Å².